The number of nitrogens with zero attached hydrogens (tertiary/aromatic N) is 3. The molecule has 1 aliphatic rings. The van der Waals surface area contributed by atoms with Gasteiger partial charge in [-0.3, -0.25) is 4.72 Å². The first-order valence-corrected chi connectivity index (χ1v) is 10.1. The predicted octanol–water partition coefficient (Wildman–Crippen LogP) is 3.28. The van der Waals surface area contributed by atoms with Crippen molar-refractivity contribution >= 4 is 37.6 Å². The summed E-state index contributed by atoms with van der Waals surface area (Å²) in [6.45, 7) is 4.12. The second-order valence-electron chi connectivity index (χ2n) is 6.00. The number of hydrogen-bond donors (Lipinski definition) is 1. The van der Waals surface area contributed by atoms with Gasteiger partial charge in [-0.15, -0.1) is 0 Å². The van der Waals surface area contributed by atoms with Crippen molar-refractivity contribution in [1.29, 1.82) is 0 Å². The van der Waals surface area contributed by atoms with E-state index in [1.807, 2.05) is 0 Å². The average molecular weight is 411 g/mol. The molecule has 0 atom stereocenters. The number of rotatable bonds is 4. The van der Waals surface area contributed by atoms with Crippen LogP contribution in [0.2, 0.25) is 0 Å². The molecule has 1 fully saturated rings. The smallest absolute Gasteiger partial charge is 0.261 e. The fourth-order valence-electron chi connectivity index (χ4n) is 2.57. The van der Waals surface area contributed by atoms with Crippen LogP contribution in [-0.4, -0.2) is 31.5 Å². The molecular weight excluding hydrogens is 392 g/mol. The third-order valence-electron chi connectivity index (χ3n) is 4.08. The summed E-state index contributed by atoms with van der Waals surface area (Å²) in [7, 11) is -3.64. The molecule has 2 heterocycles. The second kappa shape index (κ2) is 7.06. The van der Waals surface area contributed by atoms with Gasteiger partial charge in [0.15, 0.2) is 0 Å². The molecule has 0 aliphatic carbocycles. The molecule has 1 aliphatic heterocycles. The van der Waals surface area contributed by atoms with Gasteiger partial charge in [0, 0.05) is 17.6 Å². The molecule has 1 aromatic heterocycles. The Bertz CT molecular complexity index is 786. The van der Waals surface area contributed by atoms with E-state index in [1.165, 1.54) is 24.5 Å². The number of aromatic nitrogens is 2. The monoisotopic (exact) mass is 410 g/mol. The molecule has 8 heteroatoms. The zero-order valence-electron chi connectivity index (χ0n) is 13.3. The number of hydrogen-bond acceptors (Lipinski definition) is 5. The average Bonchev–Trinajstić information content (AvgIpc) is 2.56. The number of halogens is 1. The number of benzene rings is 1. The van der Waals surface area contributed by atoms with Crippen LogP contribution in [0.3, 0.4) is 0 Å². The number of nitrogens with one attached hydrogen (secondary N) is 1. The van der Waals surface area contributed by atoms with Gasteiger partial charge in [-0.1, -0.05) is 22.9 Å². The Hall–Kier alpha value is -1.67. The Morgan fingerprint density at radius 3 is 2.29 bits per heavy atom. The zero-order valence-corrected chi connectivity index (χ0v) is 15.7. The van der Waals surface area contributed by atoms with Gasteiger partial charge in [0.2, 0.25) is 5.95 Å². The zero-order chi connectivity index (χ0) is 17.2. The number of piperidine rings is 1. The minimum atomic E-state index is -3.64. The summed E-state index contributed by atoms with van der Waals surface area (Å²) in [6.07, 6.45) is 5.27. The number of sulfonamides is 1. The first-order valence-electron chi connectivity index (χ1n) is 7.79. The lowest BCUT2D eigenvalue weighted by Crippen LogP contribution is -2.34. The summed E-state index contributed by atoms with van der Waals surface area (Å²) >= 11 is 3.29. The van der Waals surface area contributed by atoms with Gasteiger partial charge in [0.1, 0.15) is 0 Å². The van der Waals surface area contributed by atoms with Gasteiger partial charge in [0.25, 0.3) is 10.0 Å². The summed E-state index contributed by atoms with van der Waals surface area (Å²) < 4.78 is 28.0. The van der Waals surface area contributed by atoms with E-state index in [1.54, 1.807) is 12.1 Å². The molecule has 0 amide bonds. The molecule has 3 rings (SSSR count). The van der Waals surface area contributed by atoms with Crippen LogP contribution in [0, 0.1) is 5.92 Å². The predicted molar refractivity (Wildman–Crippen MR) is 97.6 cm³/mol. The maximum Gasteiger partial charge on any atom is 0.261 e. The highest BCUT2D eigenvalue weighted by Crippen LogP contribution is 2.21. The normalized spacial score (nSPS) is 16.2. The SMILES string of the molecule is CC1CCN(c2ncc(NS(=O)(=O)c3ccc(Br)cc3)cn2)CC1. The molecule has 24 heavy (non-hydrogen) atoms. The third kappa shape index (κ3) is 4.05. The largest absolute Gasteiger partial charge is 0.341 e. The van der Waals surface area contributed by atoms with Crippen LogP contribution in [-0.2, 0) is 10.0 Å². The van der Waals surface area contributed by atoms with Crippen LogP contribution in [0.25, 0.3) is 0 Å². The Labute approximate surface area is 150 Å². The molecule has 0 bridgehead atoms. The van der Waals surface area contributed by atoms with Gasteiger partial charge in [-0.05, 0) is 43.0 Å². The molecule has 128 valence electrons. The van der Waals surface area contributed by atoms with E-state index >= 15 is 0 Å². The summed E-state index contributed by atoms with van der Waals surface area (Å²) in [6, 6.07) is 6.45. The van der Waals surface area contributed by atoms with E-state index in [2.05, 4.69) is 42.4 Å². The van der Waals surface area contributed by atoms with Crippen LogP contribution >= 0.6 is 15.9 Å². The minimum Gasteiger partial charge on any atom is -0.341 e. The van der Waals surface area contributed by atoms with E-state index < -0.39 is 10.0 Å². The molecule has 1 saturated heterocycles. The molecule has 2 aromatic rings. The van der Waals surface area contributed by atoms with Crippen molar-refractivity contribution in [3.05, 3.63) is 41.1 Å². The Kier molecular flexibility index (Phi) is 5.05. The molecule has 1 N–H and O–H groups in total. The van der Waals surface area contributed by atoms with Crippen LogP contribution in [0.4, 0.5) is 11.6 Å². The van der Waals surface area contributed by atoms with Gasteiger partial charge < -0.3 is 4.90 Å². The Morgan fingerprint density at radius 1 is 1.12 bits per heavy atom. The molecular formula is C16H19BrN4O2S. The first kappa shape index (κ1) is 17.2. The fraction of sp³-hybridized carbons (Fsp3) is 0.375. The molecule has 1 aromatic carbocycles. The first-order chi connectivity index (χ1) is 11.4. The molecule has 0 saturated carbocycles. The highest BCUT2D eigenvalue weighted by molar-refractivity contribution is 9.10. The van der Waals surface area contributed by atoms with Gasteiger partial charge in [0.05, 0.1) is 23.0 Å². The van der Waals surface area contributed by atoms with Crippen LogP contribution < -0.4 is 9.62 Å². The quantitative estimate of drug-likeness (QED) is 0.836. The Morgan fingerprint density at radius 2 is 1.71 bits per heavy atom. The van der Waals surface area contributed by atoms with Gasteiger partial charge in [-0.25, -0.2) is 18.4 Å². The second-order valence-corrected chi connectivity index (χ2v) is 8.60. The van der Waals surface area contributed by atoms with Crippen LogP contribution in [0.1, 0.15) is 19.8 Å². The highest BCUT2D eigenvalue weighted by atomic mass is 79.9. The molecule has 0 unspecified atom stereocenters. The van der Waals surface area contributed by atoms with Crippen molar-refractivity contribution < 1.29 is 8.42 Å². The standard InChI is InChI=1S/C16H19BrN4O2S/c1-12-6-8-21(9-7-12)16-18-10-14(11-19-16)20-24(22,23)15-4-2-13(17)3-5-15/h2-5,10-12,20H,6-9H2,1H3. The maximum absolute atomic E-state index is 12.3. The highest BCUT2D eigenvalue weighted by Gasteiger charge is 2.19. The van der Waals surface area contributed by atoms with E-state index in [-0.39, 0.29) is 4.90 Å². The van der Waals surface area contributed by atoms with E-state index in [0.717, 1.165) is 36.3 Å². The fourth-order valence-corrected chi connectivity index (χ4v) is 3.87. The maximum atomic E-state index is 12.3. The van der Waals surface area contributed by atoms with Crippen molar-refractivity contribution in [3.8, 4) is 0 Å². The summed E-state index contributed by atoms with van der Waals surface area (Å²) in [5, 5.41) is 0. The number of anilines is 2. The van der Waals surface area contributed by atoms with Crippen LogP contribution in [0.5, 0.6) is 0 Å². The van der Waals surface area contributed by atoms with Crippen LogP contribution in [0.15, 0.2) is 46.0 Å². The van der Waals surface area contributed by atoms with E-state index in [4.69, 9.17) is 0 Å². The third-order valence-corrected chi connectivity index (χ3v) is 6.01. The summed E-state index contributed by atoms with van der Waals surface area (Å²) in [4.78, 5) is 10.9. The van der Waals surface area contributed by atoms with E-state index in [9.17, 15) is 8.42 Å². The topological polar surface area (TPSA) is 75.2 Å². The summed E-state index contributed by atoms with van der Waals surface area (Å²) in [5.41, 5.74) is 0.354. The Balaban J connectivity index is 1.70. The lowest BCUT2D eigenvalue weighted by Gasteiger charge is -2.30. The van der Waals surface area contributed by atoms with Gasteiger partial charge >= 0.3 is 0 Å². The lowest BCUT2D eigenvalue weighted by atomic mass is 10.00. The van der Waals surface area contributed by atoms with Crippen molar-refractivity contribution in [2.24, 2.45) is 5.92 Å². The van der Waals surface area contributed by atoms with Crippen molar-refractivity contribution in [1.82, 2.24) is 9.97 Å². The van der Waals surface area contributed by atoms with Crippen molar-refractivity contribution in [2.75, 3.05) is 22.7 Å². The molecule has 6 nitrogen and oxygen atoms in total. The molecule has 0 radical (unpaired) electrons. The van der Waals surface area contributed by atoms with Crippen molar-refractivity contribution in [2.45, 2.75) is 24.7 Å². The lowest BCUT2D eigenvalue weighted by molar-refractivity contribution is 0.434. The van der Waals surface area contributed by atoms with Crippen molar-refractivity contribution in [3.63, 3.8) is 0 Å². The van der Waals surface area contributed by atoms with E-state index in [0.29, 0.717) is 11.6 Å². The van der Waals surface area contributed by atoms with Gasteiger partial charge in [-0.2, -0.15) is 0 Å². The minimum absolute atomic E-state index is 0.194. The molecule has 0 spiro atoms. The summed E-state index contributed by atoms with van der Waals surface area (Å²) in [5.74, 6) is 1.38.